The van der Waals surface area contributed by atoms with E-state index in [1.54, 1.807) is 19.9 Å². The standard InChI is InChI=1S/C14H14F2N4O/c1-7-4-8(2)19-14(18-7)20-13(21)9-5-10(15)12(17-3)11(16)6-9/h4-6,17H,1-3H3,(H,18,19,20,21). The quantitative estimate of drug-likeness (QED) is 0.912. The highest BCUT2D eigenvalue weighted by Crippen LogP contribution is 2.20. The van der Waals surface area contributed by atoms with E-state index in [9.17, 15) is 13.6 Å². The van der Waals surface area contributed by atoms with Gasteiger partial charge in [-0.05, 0) is 32.0 Å². The van der Waals surface area contributed by atoms with E-state index >= 15 is 0 Å². The van der Waals surface area contributed by atoms with Crippen LogP contribution < -0.4 is 10.6 Å². The topological polar surface area (TPSA) is 66.9 Å². The van der Waals surface area contributed by atoms with Crippen molar-refractivity contribution in [3.8, 4) is 0 Å². The Balaban J connectivity index is 2.28. The number of nitrogens with one attached hydrogen (secondary N) is 2. The molecule has 0 radical (unpaired) electrons. The first kappa shape index (κ1) is 14.8. The molecule has 0 saturated carbocycles. The van der Waals surface area contributed by atoms with Crippen LogP contribution in [0.3, 0.4) is 0 Å². The van der Waals surface area contributed by atoms with Gasteiger partial charge in [-0.3, -0.25) is 10.1 Å². The molecule has 0 aliphatic heterocycles. The van der Waals surface area contributed by atoms with E-state index in [2.05, 4.69) is 20.6 Å². The predicted molar refractivity (Wildman–Crippen MR) is 75.4 cm³/mol. The van der Waals surface area contributed by atoms with Gasteiger partial charge in [0.1, 0.15) is 17.3 Å². The van der Waals surface area contributed by atoms with Crippen molar-refractivity contribution in [3.05, 3.63) is 46.8 Å². The molecule has 5 nitrogen and oxygen atoms in total. The normalized spacial score (nSPS) is 10.3. The number of benzene rings is 1. The van der Waals surface area contributed by atoms with E-state index in [-0.39, 0.29) is 17.2 Å². The monoisotopic (exact) mass is 292 g/mol. The summed E-state index contributed by atoms with van der Waals surface area (Å²) in [6.07, 6.45) is 0. The number of hydrogen-bond donors (Lipinski definition) is 2. The number of carbonyl (C=O) groups excluding carboxylic acids is 1. The molecule has 1 amide bonds. The Kier molecular flexibility index (Phi) is 4.11. The van der Waals surface area contributed by atoms with Crippen LogP contribution in [-0.4, -0.2) is 22.9 Å². The van der Waals surface area contributed by atoms with Gasteiger partial charge in [0.05, 0.1) is 0 Å². The van der Waals surface area contributed by atoms with Crippen molar-refractivity contribution < 1.29 is 13.6 Å². The molecule has 0 unspecified atom stereocenters. The second kappa shape index (κ2) is 5.82. The zero-order valence-electron chi connectivity index (χ0n) is 11.8. The average molecular weight is 292 g/mol. The van der Waals surface area contributed by atoms with Gasteiger partial charge in [0.25, 0.3) is 5.91 Å². The molecule has 21 heavy (non-hydrogen) atoms. The third-order valence-electron chi connectivity index (χ3n) is 2.76. The minimum absolute atomic E-state index is 0.0935. The van der Waals surface area contributed by atoms with Crippen LogP contribution >= 0.6 is 0 Å². The largest absolute Gasteiger partial charge is 0.383 e. The molecule has 1 aromatic heterocycles. The summed E-state index contributed by atoms with van der Waals surface area (Å²) in [7, 11) is 1.39. The Bertz CT molecular complexity index is 660. The molecule has 0 bridgehead atoms. The summed E-state index contributed by atoms with van der Waals surface area (Å²) in [4.78, 5) is 20.1. The number of carbonyl (C=O) groups is 1. The zero-order valence-corrected chi connectivity index (χ0v) is 11.8. The molecule has 1 heterocycles. The maximum atomic E-state index is 13.6. The number of anilines is 2. The van der Waals surface area contributed by atoms with Gasteiger partial charge < -0.3 is 5.32 Å². The number of aromatic nitrogens is 2. The molecule has 2 aromatic rings. The van der Waals surface area contributed by atoms with Gasteiger partial charge in [-0.25, -0.2) is 18.7 Å². The molecule has 110 valence electrons. The third-order valence-corrected chi connectivity index (χ3v) is 2.76. The molecule has 0 fully saturated rings. The lowest BCUT2D eigenvalue weighted by Gasteiger charge is -2.08. The molecule has 0 aliphatic carbocycles. The summed E-state index contributed by atoms with van der Waals surface area (Å²) < 4.78 is 27.2. The Labute approximate surface area is 120 Å². The summed E-state index contributed by atoms with van der Waals surface area (Å²) in [5.74, 6) is -2.27. The summed E-state index contributed by atoms with van der Waals surface area (Å²) in [5, 5.41) is 4.80. The van der Waals surface area contributed by atoms with Crippen LogP contribution in [0.15, 0.2) is 18.2 Å². The molecular formula is C14H14F2N4O. The van der Waals surface area contributed by atoms with Crippen molar-refractivity contribution in [2.24, 2.45) is 0 Å². The van der Waals surface area contributed by atoms with E-state index in [0.29, 0.717) is 11.4 Å². The van der Waals surface area contributed by atoms with Crippen molar-refractivity contribution >= 4 is 17.5 Å². The highest BCUT2D eigenvalue weighted by Gasteiger charge is 2.15. The first-order valence-electron chi connectivity index (χ1n) is 6.21. The summed E-state index contributed by atoms with van der Waals surface area (Å²) in [6, 6.07) is 3.65. The zero-order chi connectivity index (χ0) is 15.6. The Morgan fingerprint density at radius 3 is 2.05 bits per heavy atom. The molecule has 0 atom stereocenters. The number of nitrogens with zero attached hydrogens (tertiary/aromatic N) is 2. The van der Waals surface area contributed by atoms with E-state index in [4.69, 9.17) is 0 Å². The number of halogens is 2. The predicted octanol–water partition coefficient (Wildman–Crippen LogP) is 2.67. The molecule has 0 aliphatic rings. The Hall–Kier alpha value is -2.57. The molecule has 2 rings (SSSR count). The van der Waals surface area contributed by atoms with Crippen LogP contribution in [0.5, 0.6) is 0 Å². The molecular weight excluding hydrogens is 278 g/mol. The van der Waals surface area contributed by atoms with Gasteiger partial charge in [0.15, 0.2) is 0 Å². The highest BCUT2D eigenvalue weighted by atomic mass is 19.1. The first-order valence-corrected chi connectivity index (χ1v) is 6.21. The van der Waals surface area contributed by atoms with Crippen LogP contribution in [0.4, 0.5) is 20.4 Å². The fraction of sp³-hybridized carbons (Fsp3) is 0.214. The number of aryl methyl sites for hydroxylation is 2. The minimum atomic E-state index is -0.844. The summed E-state index contributed by atoms with van der Waals surface area (Å²) in [6.45, 7) is 3.51. The van der Waals surface area contributed by atoms with Gasteiger partial charge >= 0.3 is 0 Å². The Morgan fingerprint density at radius 1 is 1.05 bits per heavy atom. The van der Waals surface area contributed by atoms with Crippen LogP contribution in [0.1, 0.15) is 21.7 Å². The van der Waals surface area contributed by atoms with E-state index < -0.39 is 17.5 Å². The molecule has 7 heteroatoms. The molecule has 0 saturated heterocycles. The lowest BCUT2D eigenvalue weighted by molar-refractivity contribution is 0.102. The van der Waals surface area contributed by atoms with Crippen LogP contribution in [-0.2, 0) is 0 Å². The summed E-state index contributed by atoms with van der Waals surface area (Å²) >= 11 is 0. The molecule has 2 N–H and O–H groups in total. The fourth-order valence-electron chi connectivity index (χ4n) is 1.90. The van der Waals surface area contributed by atoms with Crippen molar-refractivity contribution in [1.82, 2.24) is 9.97 Å². The average Bonchev–Trinajstić information content (AvgIpc) is 2.36. The van der Waals surface area contributed by atoms with Crippen molar-refractivity contribution in [1.29, 1.82) is 0 Å². The van der Waals surface area contributed by atoms with Crippen LogP contribution in [0.25, 0.3) is 0 Å². The van der Waals surface area contributed by atoms with Gasteiger partial charge in [-0.15, -0.1) is 0 Å². The van der Waals surface area contributed by atoms with Crippen molar-refractivity contribution in [2.45, 2.75) is 13.8 Å². The smallest absolute Gasteiger partial charge is 0.258 e. The second-order valence-electron chi connectivity index (χ2n) is 4.49. The van der Waals surface area contributed by atoms with E-state index in [0.717, 1.165) is 12.1 Å². The van der Waals surface area contributed by atoms with Crippen molar-refractivity contribution in [2.75, 3.05) is 17.7 Å². The van der Waals surface area contributed by atoms with Gasteiger partial charge in [-0.1, -0.05) is 0 Å². The Morgan fingerprint density at radius 2 is 1.57 bits per heavy atom. The van der Waals surface area contributed by atoms with Gasteiger partial charge in [0, 0.05) is 24.0 Å². The van der Waals surface area contributed by atoms with Gasteiger partial charge in [0.2, 0.25) is 5.95 Å². The van der Waals surface area contributed by atoms with Crippen LogP contribution in [0.2, 0.25) is 0 Å². The number of hydrogen-bond acceptors (Lipinski definition) is 4. The number of amides is 1. The number of rotatable bonds is 3. The molecule has 1 aromatic carbocycles. The van der Waals surface area contributed by atoms with Gasteiger partial charge in [-0.2, -0.15) is 0 Å². The fourth-order valence-corrected chi connectivity index (χ4v) is 1.90. The van der Waals surface area contributed by atoms with E-state index in [1.807, 2.05) is 0 Å². The third kappa shape index (κ3) is 3.31. The lowest BCUT2D eigenvalue weighted by Crippen LogP contribution is -2.16. The first-order chi connectivity index (χ1) is 9.90. The SMILES string of the molecule is CNc1c(F)cc(C(=O)Nc2nc(C)cc(C)n2)cc1F. The van der Waals surface area contributed by atoms with Crippen molar-refractivity contribution in [3.63, 3.8) is 0 Å². The molecule has 0 spiro atoms. The maximum absolute atomic E-state index is 13.6. The summed E-state index contributed by atoms with van der Waals surface area (Å²) in [5.41, 5.74) is 0.933. The van der Waals surface area contributed by atoms with E-state index in [1.165, 1.54) is 7.05 Å². The lowest BCUT2D eigenvalue weighted by atomic mass is 10.1. The second-order valence-corrected chi connectivity index (χ2v) is 4.49. The minimum Gasteiger partial charge on any atom is -0.383 e. The highest BCUT2D eigenvalue weighted by molar-refractivity contribution is 6.03. The maximum Gasteiger partial charge on any atom is 0.258 e. The van der Waals surface area contributed by atoms with Crippen LogP contribution in [0, 0.1) is 25.5 Å².